The van der Waals surface area contributed by atoms with E-state index in [1.165, 1.54) is 6.42 Å². The summed E-state index contributed by atoms with van der Waals surface area (Å²) >= 11 is 0. The van der Waals surface area contributed by atoms with Gasteiger partial charge in [-0.15, -0.1) is 0 Å². The molecule has 0 unspecified atom stereocenters. The number of rotatable bonds is 5. The van der Waals surface area contributed by atoms with Crippen LogP contribution in [0.4, 0.5) is 5.69 Å². The second-order valence-electron chi connectivity index (χ2n) is 5.17. The Bertz CT molecular complexity index is 436. The molecule has 20 heavy (non-hydrogen) atoms. The Hall–Kier alpha value is -1.55. The third-order valence-corrected chi connectivity index (χ3v) is 3.89. The SMILES string of the molecule is CCOc1ccc(NC(=O)C2(OC)CCCCC2)cc1. The molecule has 1 N–H and O–H groups in total. The van der Waals surface area contributed by atoms with Crippen molar-refractivity contribution in [2.45, 2.75) is 44.6 Å². The summed E-state index contributed by atoms with van der Waals surface area (Å²) < 4.78 is 10.9. The molecule has 2 rings (SSSR count). The maximum atomic E-state index is 12.5. The van der Waals surface area contributed by atoms with Crippen molar-refractivity contribution < 1.29 is 14.3 Å². The van der Waals surface area contributed by atoms with Crippen LogP contribution in [0, 0.1) is 0 Å². The van der Waals surface area contributed by atoms with E-state index in [1.54, 1.807) is 7.11 Å². The highest BCUT2D eigenvalue weighted by molar-refractivity contribution is 5.97. The summed E-state index contributed by atoms with van der Waals surface area (Å²) in [5, 5.41) is 2.95. The van der Waals surface area contributed by atoms with Crippen LogP contribution in [0.25, 0.3) is 0 Å². The lowest BCUT2D eigenvalue weighted by molar-refractivity contribution is -0.141. The van der Waals surface area contributed by atoms with Crippen molar-refractivity contribution in [3.8, 4) is 5.75 Å². The van der Waals surface area contributed by atoms with Crippen molar-refractivity contribution in [3.05, 3.63) is 24.3 Å². The average molecular weight is 277 g/mol. The first-order valence-corrected chi connectivity index (χ1v) is 7.29. The molecular formula is C16H23NO3. The van der Waals surface area contributed by atoms with E-state index in [1.807, 2.05) is 31.2 Å². The topological polar surface area (TPSA) is 47.6 Å². The molecule has 1 saturated carbocycles. The summed E-state index contributed by atoms with van der Waals surface area (Å²) in [4.78, 5) is 12.5. The first kappa shape index (κ1) is 14.9. The van der Waals surface area contributed by atoms with Gasteiger partial charge in [-0.1, -0.05) is 19.3 Å². The Labute approximate surface area is 120 Å². The van der Waals surface area contributed by atoms with Gasteiger partial charge in [0.25, 0.3) is 5.91 Å². The van der Waals surface area contributed by atoms with Crippen LogP contribution in [-0.2, 0) is 9.53 Å². The van der Waals surface area contributed by atoms with Gasteiger partial charge in [0.1, 0.15) is 11.4 Å². The van der Waals surface area contributed by atoms with E-state index in [4.69, 9.17) is 9.47 Å². The summed E-state index contributed by atoms with van der Waals surface area (Å²) in [7, 11) is 1.63. The number of methoxy groups -OCH3 is 1. The number of benzene rings is 1. The molecule has 1 fully saturated rings. The molecule has 0 saturated heterocycles. The minimum atomic E-state index is -0.656. The highest BCUT2D eigenvalue weighted by atomic mass is 16.5. The van der Waals surface area contributed by atoms with Crippen molar-refractivity contribution in [1.29, 1.82) is 0 Å². The number of ether oxygens (including phenoxy) is 2. The van der Waals surface area contributed by atoms with Crippen LogP contribution in [0.1, 0.15) is 39.0 Å². The van der Waals surface area contributed by atoms with E-state index in [0.717, 1.165) is 37.1 Å². The molecular weight excluding hydrogens is 254 g/mol. The van der Waals surface area contributed by atoms with Gasteiger partial charge in [0.15, 0.2) is 0 Å². The summed E-state index contributed by atoms with van der Waals surface area (Å²) in [6, 6.07) is 7.43. The van der Waals surface area contributed by atoms with E-state index in [2.05, 4.69) is 5.32 Å². The van der Waals surface area contributed by atoms with E-state index in [0.29, 0.717) is 6.61 Å². The number of carbonyl (C=O) groups excluding carboxylic acids is 1. The van der Waals surface area contributed by atoms with Crippen molar-refractivity contribution in [2.24, 2.45) is 0 Å². The van der Waals surface area contributed by atoms with E-state index >= 15 is 0 Å². The Balaban J connectivity index is 2.02. The highest BCUT2D eigenvalue weighted by Gasteiger charge is 2.39. The molecule has 110 valence electrons. The number of hydrogen-bond donors (Lipinski definition) is 1. The van der Waals surface area contributed by atoms with Gasteiger partial charge in [0.05, 0.1) is 6.61 Å². The number of anilines is 1. The Kier molecular flexibility index (Phi) is 5.01. The normalized spacial score (nSPS) is 17.5. The zero-order chi connectivity index (χ0) is 14.4. The Morgan fingerprint density at radius 1 is 1.20 bits per heavy atom. The maximum Gasteiger partial charge on any atom is 0.256 e. The summed E-state index contributed by atoms with van der Waals surface area (Å²) in [6.45, 7) is 2.58. The van der Waals surface area contributed by atoms with Gasteiger partial charge >= 0.3 is 0 Å². The van der Waals surface area contributed by atoms with Gasteiger partial charge in [-0.3, -0.25) is 4.79 Å². The fourth-order valence-electron chi connectivity index (χ4n) is 2.69. The Morgan fingerprint density at radius 2 is 1.85 bits per heavy atom. The number of amides is 1. The van der Waals surface area contributed by atoms with Gasteiger partial charge in [0.2, 0.25) is 0 Å². The molecule has 1 aliphatic rings. The Morgan fingerprint density at radius 3 is 2.40 bits per heavy atom. The van der Waals surface area contributed by atoms with Crippen LogP contribution < -0.4 is 10.1 Å². The molecule has 0 aliphatic heterocycles. The maximum absolute atomic E-state index is 12.5. The smallest absolute Gasteiger partial charge is 0.256 e. The summed E-state index contributed by atoms with van der Waals surface area (Å²) in [5.74, 6) is 0.772. The van der Waals surface area contributed by atoms with Crippen molar-refractivity contribution in [1.82, 2.24) is 0 Å². The predicted molar refractivity (Wildman–Crippen MR) is 79.1 cm³/mol. The third-order valence-electron chi connectivity index (χ3n) is 3.89. The molecule has 1 amide bonds. The zero-order valence-electron chi connectivity index (χ0n) is 12.3. The number of carbonyl (C=O) groups is 1. The first-order valence-electron chi connectivity index (χ1n) is 7.29. The molecule has 0 heterocycles. The second-order valence-corrected chi connectivity index (χ2v) is 5.17. The van der Waals surface area contributed by atoms with Gasteiger partial charge in [0, 0.05) is 12.8 Å². The summed E-state index contributed by atoms with van der Waals surface area (Å²) in [6.07, 6.45) is 4.87. The van der Waals surface area contributed by atoms with Crippen LogP contribution in [0.2, 0.25) is 0 Å². The first-order chi connectivity index (χ1) is 9.70. The van der Waals surface area contributed by atoms with Crippen LogP contribution in [0.5, 0.6) is 5.75 Å². The number of hydrogen-bond acceptors (Lipinski definition) is 3. The monoisotopic (exact) mass is 277 g/mol. The lowest BCUT2D eigenvalue weighted by atomic mass is 9.84. The van der Waals surface area contributed by atoms with Crippen molar-refractivity contribution in [2.75, 3.05) is 19.0 Å². The lowest BCUT2D eigenvalue weighted by Gasteiger charge is -2.34. The predicted octanol–water partition coefficient (Wildman–Crippen LogP) is 3.37. The van der Waals surface area contributed by atoms with Crippen LogP contribution in [-0.4, -0.2) is 25.2 Å². The largest absolute Gasteiger partial charge is 0.494 e. The van der Waals surface area contributed by atoms with E-state index in [9.17, 15) is 4.79 Å². The van der Waals surface area contributed by atoms with Crippen LogP contribution in [0.15, 0.2) is 24.3 Å². The molecule has 4 heteroatoms. The third kappa shape index (κ3) is 3.31. The van der Waals surface area contributed by atoms with Crippen LogP contribution >= 0.6 is 0 Å². The minimum absolute atomic E-state index is 0.0381. The molecule has 4 nitrogen and oxygen atoms in total. The van der Waals surface area contributed by atoms with Gasteiger partial charge in [-0.2, -0.15) is 0 Å². The van der Waals surface area contributed by atoms with E-state index in [-0.39, 0.29) is 5.91 Å². The van der Waals surface area contributed by atoms with Crippen molar-refractivity contribution in [3.63, 3.8) is 0 Å². The van der Waals surface area contributed by atoms with Gasteiger partial charge in [-0.25, -0.2) is 0 Å². The molecule has 0 bridgehead atoms. The molecule has 0 radical (unpaired) electrons. The minimum Gasteiger partial charge on any atom is -0.494 e. The molecule has 1 aromatic rings. The number of nitrogens with one attached hydrogen (secondary N) is 1. The molecule has 0 spiro atoms. The highest BCUT2D eigenvalue weighted by Crippen LogP contribution is 2.32. The average Bonchev–Trinajstić information content (AvgIpc) is 2.50. The molecule has 1 aliphatic carbocycles. The molecule has 0 aromatic heterocycles. The summed E-state index contributed by atoms with van der Waals surface area (Å²) in [5.41, 5.74) is 0.122. The van der Waals surface area contributed by atoms with Crippen molar-refractivity contribution >= 4 is 11.6 Å². The molecule has 0 atom stereocenters. The van der Waals surface area contributed by atoms with Gasteiger partial charge in [-0.05, 0) is 44.0 Å². The van der Waals surface area contributed by atoms with Crippen LogP contribution in [0.3, 0.4) is 0 Å². The lowest BCUT2D eigenvalue weighted by Crippen LogP contribution is -2.46. The zero-order valence-corrected chi connectivity index (χ0v) is 12.3. The molecule has 1 aromatic carbocycles. The van der Waals surface area contributed by atoms with Gasteiger partial charge < -0.3 is 14.8 Å². The second kappa shape index (κ2) is 6.75. The quantitative estimate of drug-likeness (QED) is 0.897. The van der Waals surface area contributed by atoms with E-state index < -0.39 is 5.60 Å². The fraction of sp³-hybridized carbons (Fsp3) is 0.562. The standard InChI is InChI=1S/C16H23NO3/c1-3-20-14-9-7-13(8-10-14)17-15(18)16(19-2)11-5-4-6-12-16/h7-10H,3-6,11-12H2,1-2H3,(H,17,18). The fourth-order valence-corrected chi connectivity index (χ4v) is 2.69.